The van der Waals surface area contributed by atoms with E-state index in [0.29, 0.717) is 12.5 Å². The average molecular weight is 255 g/mol. The van der Waals surface area contributed by atoms with Gasteiger partial charge in [-0.3, -0.25) is 15.2 Å². The Kier molecular flexibility index (Phi) is 6.49. The van der Waals surface area contributed by atoms with Gasteiger partial charge in [0.05, 0.1) is 0 Å². The van der Waals surface area contributed by atoms with Gasteiger partial charge in [-0.15, -0.1) is 0 Å². The first-order valence-electron chi connectivity index (χ1n) is 6.75. The van der Waals surface area contributed by atoms with Crippen LogP contribution in [0.1, 0.15) is 39.5 Å². The van der Waals surface area contributed by atoms with Gasteiger partial charge in [0.25, 0.3) is 0 Å². The molecule has 1 heterocycles. The number of likely N-dealkylation sites (tertiary alicyclic amines) is 1. The topological polar surface area (TPSA) is 82.7 Å². The predicted octanol–water partition coefficient (Wildman–Crippen LogP) is 0.206. The van der Waals surface area contributed by atoms with E-state index in [0.717, 1.165) is 32.4 Å². The minimum atomic E-state index is -0.297. The van der Waals surface area contributed by atoms with Crippen molar-refractivity contribution in [3.63, 3.8) is 0 Å². The van der Waals surface area contributed by atoms with Gasteiger partial charge in [-0.25, -0.2) is 5.84 Å². The maximum atomic E-state index is 12.2. The van der Waals surface area contributed by atoms with E-state index in [4.69, 9.17) is 5.84 Å². The highest BCUT2D eigenvalue weighted by Crippen LogP contribution is 2.09. The maximum absolute atomic E-state index is 12.2. The second-order valence-corrected chi connectivity index (χ2v) is 4.63. The molecule has 1 atom stereocenters. The third-order valence-electron chi connectivity index (χ3n) is 3.02. The fourth-order valence-electron chi connectivity index (χ4n) is 2.01. The maximum Gasteiger partial charge on any atom is 0.244 e. The largest absolute Gasteiger partial charge is 0.344 e. The molecule has 0 aliphatic carbocycles. The number of nitrogens with two attached hydrogens (primary N) is 1. The Hall–Kier alpha value is -1.30. The molecule has 1 fully saturated rings. The normalized spacial score (nSPS) is 18.4. The summed E-state index contributed by atoms with van der Waals surface area (Å²) in [5.74, 6) is 5.97. The monoisotopic (exact) mass is 255 g/mol. The molecular formula is C12H25N5O. The first-order valence-corrected chi connectivity index (χ1v) is 6.75. The van der Waals surface area contributed by atoms with Crippen molar-refractivity contribution in [2.75, 3.05) is 19.6 Å². The Morgan fingerprint density at radius 3 is 2.61 bits per heavy atom. The van der Waals surface area contributed by atoms with Crippen LogP contribution in [0.3, 0.4) is 0 Å². The number of carbonyl (C=O) groups is 1. The Bertz CT molecular complexity index is 286. The molecule has 6 heteroatoms. The zero-order valence-electron chi connectivity index (χ0n) is 11.4. The molecule has 18 heavy (non-hydrogen) atoms. The van der Waals surface area contributed by atoms with Crippen molar-refractivity contribution in [1.82, 2.24) is 15.6 Å². The van der Waals surface area contributed by atoms with Crippen LogP contribution in [0.4, 0.5) is 0 Å². The van der Waals surface area contributed by atoms with Gasteiger partial charge < -0.3 is 10.2 Å². The molecule has 0 saturated carbocycles. The molecule has 6 nitrogen and oxygen atoms in total. The molecule has 0 aromatic carbocycles. The van der Waals surface area contributed by atoms with E-state index in [1.807, 2.05) is 18.7 Å². The molecule has 1 amide bonds. The summed E-state index contributed by atoms with van der Waals surface area (Å²) in [7, 11) is 0. The van der Waals surface area contributed by atoms with Crippen LogP contribution in [-0.2, 0) is 4.79 Å². The van der Waals surface area contributed by atoms with Crippen LogP contribution in [0.5, 0.6) is 0 Å². The fourth-order valence-corrected chi connectivity index (χ4v) is 2.01. The molecule has 0 radical (unpaired) electrons. The van der Waals surface area contributed by atoms with Crippen LogP contribution >= 0.6 is 0 Å². The minimum Gasteiger partial charge on any atom is -0.344 e. The van der Waals surface area contributed by atoms with Gasteiger partial charge in [-0.1, -0.05) is 6.92 Å². The van der Waals surface area contributed by atoms with Gasteiger partial charge in [-0.2, -0.15) is 0 Å². The summed E-state index contributed by atoms with van der Waals surface area (Å²) in [6.07, 6.45) is 4.37. The van der Waals surface area contributed by atoms with Crippen molar-refractivity contribution < 1.29 is 4.79 Å². The summed E-state index contributed by atoms with van der Waals surface area (Å²) in [6.45, 7) is 6.30. The first-order chi connectivity index (χ1) is 8.69. The molecule has 104 valence electrons. The van der Waals surface area contributed by atoms with Gasteiger partial charge in [0.2, 0.25) is 11.9 Å². The SMILES string of the molecule is CCCN=C(NN)NC(C)C(=O)N1CCCCC1. The smallest absolute Gasteiger partial charge is 0.244 e. The lowest BCUT2D eigenvalue weighted by atomic mass is 10.1. The number of carbonyl (C=O) groups excluding carboxylic acids is 1. The lowest BCUT2D eigenvalue weighted by Crippen LogP contribution is -2.52. The lowest BCUT2D eigenvalue weighted by molar-refractivity contribution is -0.133. The van der Waals surface area contributed by atoms with Gasteiger partial charge in [0.1, 0.15) is 6.04 Å². The third kappa shape index (κ3) is 4.52. The number of hydrazine groups is 1. The van der Waals surface area contributed by atoms with E-state index in [-0.39, 0.29) is 11.9 Å². The zero-order chi connectivity index (χ0) is 13.4. The molecule has 1 aliphatic heterocycles. The Balaban J connectivity index is 2.46. The lowest BCUT2D eigenvalue weighted by Gasteiger charge is -2.29. The number of nitrogens with one attached hydrogen (secondary N) is 2. The van der Waals surface area contributed by atoms with Gasteiger partial charge in [0.15, 0.2) is 0 Å². The highest BCUT2D eigenvalue weighted by molar-refractivity contribution is 5.88. The highest BCUT2D eigenvalue weighted by Gasteiger charge is 2.22. The van der Waals surface area contributed by atoms with Gasteiger partial charge in [0, 0.05) is 19.6 Å². The minimum absolute atomic E-state index is 0.120. The summed E-state index contributed by atoms with van der Waals surface area (Å²) in [6, 6.07) is -0.297. The number of nitrogens with zero attached hydrogens (tertiary/aromatic N) is 2. The molecule has 0 aromatic rings. The van der Waals surface area contributed by atoms with E-state index in [2.05, 4.69) is 15.7 Å². The fraction of sp³-hybridized carbons (Fsp3) is 0.833. The van der Waals surface area contributed by atoms with Crippen LogP contribution in [0.2, 0.25) is 0 Å². The van der Waals surface area contributed by atoms with Crippen LogP contribution in [0, 0.1) is 0 Å². The summed E-state index contributed by atoms with van der Waals surface area (Å²) in [4.78, 5) is 18.3. The van der Waals surface area contributed by atoms with Crippen molar-refractivity contribution in [2.45, 2.75) is 45.6 Å². The molecule has 1 saturated heterocycles. The summed E-state index contributed by atoms with van der Waals surface area (Å²) in [5, 5.41) is 3.02. The number of rotatable bonds is 4. The number of piperidine rings is 1. The molecular weight excluding hydrogens is 230 g/mol. The molecule has 4 N–H and O–H groups in total. The van der Waals surface area contributed by atoms with Gasteiger partial charge in [-0.05, 0) is 32.6 Å². The number of aliphatic imine (C=N–C) groups is 1. The summed E-state index contributed by atoms with van der Waals surface area (Å²) < 4.78 is 0. The second-order valence-electron chi connectivity index (χ2n) is 4.63. The summed E-state index contributed by atoms with van der Waals surface area (Å²) >= 11 is 0. The quantitative estimate of drug-likeness (QED) is 0.290. The number of hydrogen-bond donors (Lipinski definition) is 3. The summed E-state index contributed by atoms with van der Waals surface area (Å²) in [5.41, 5.74) is 2.49. The number of hydrogen-bond acceptors (Lipinski definition) is 3. The molecule has 0 spiro atoms. The van der Waals surface area contributed by atoms with Crippen molar-refractivity contribution in [3.8, 4) is 0 Å². The van der Waals surface area contributed by atoms with Gasteiger partial charge >= 0.3 is 0 Å². The molecule has 0 bridgehead atoms. The van der Waals surface area contributed by atoms with Crippen molar-refractivity contribution >= 4 is 11.9 Å². The molecule has 0 aromatic heterocycles. The van der Waals surface area contributed by atoms with Crippen molar-refractivity contribution in [3.05, 3.63) is 0 Å². The molecule has 1 aliphatic rings. The van der Waals surface area contributed by atoms with Crippen molar-refractivity contribution in [2.24, 2.45) is 10.8 Å². The second kappa shape index (κ2) is 7.92. The molecule has 1 unspecified atom stereocenters. The van der Waals surface area contributed by atoms with E-state index in [1.54, 1.807) is 0 Å². The predicted molar refractivity (Wildman–Crippen MR) is 72.9 cm³/mol. The van der Waals surface area contributed by atoms with E-state index in [1.165, 1.54) is 6.42 Å². The van der Waals surface area contributed by atoms with E-state index < -0.39 is 0 Å². The number of guanidine groups is 1. The Morgan fingerprint density at radius 2 is 2.06 bits per heavy atom. The first kappa shape index (κ1) is 14.8. The number of amides is 1. The standard InChI is InChI=1S/C12H25N5O/c1-3-7-14-12(16-13)15-10(2)11(18)17-8-5-4-6-9-17/h10H,3-9,13H2,1-2H3,(H2,14,15,16). The third-order valence-corrected chi connectivity index (χ3v) is 3.02. The van der Waals surface area contributed by atoms with Crippen molar-refractivity contribution in [1.29, 1.82) is 0 Å². The van der Waals surface area contributed by atoms with Crippen LogP contribution in [-0.4, -0.2) is 42.4 Å². The van der Waals surface area contributed by atoms with Crippen LogP contribution < -0.4 is 16.6 Å². The average Bonchev–Trinajstić information content (AvgIpc) is 2.43. The highest BCUT2D eigenvalue weighted by atomic mass is 16.2. The van der Waals surface area contributed by atoms with Crippen LogP contribution in [0.25, 0.3) is 0 Å². The Labute approximate surface area is 109 Å². The van der Waals surface area contributed by atoms with Crippen LogP contribution in [0.15, 0.2) is 4.99 Å². The Morgan fingerprint density at radius 1 is 1.39 bits per heavy atom. The molecule has 1 rings (SSSR count). The van der Waals surface area contributed by atoms with E-state index in [9.17, 15) is 4.79 Å². The zero-order valence-corrected chi connectivity index (χ0v) is 11.4. The van der Waals surface area contributed by atoms with E-state index >= 15 is 0 Å².